The lowest BCUT2D eigenvalue weighted by Gasteiger charge is -2.23. The maximum atomic E-state index is 14.5. The van der Waals surface area contributed by atoms with E-state index in [0.29, 0.717) is 32.7 Å². The molecule has 0 aliphatic carbocycles. The van der Waals surface area contributed by atoms with E-state index in [9.17, 15) is 23.5 Å². The molecule has 1 saturated heterocycles. The Bertz CT molecular complexity index is 1900. The van der Waals surface area contributed by atoms with E-state index in [1.165, 1.54) is 40.9 Å². The van der Waals surface area contributed by atoms with Gasteiger partial charge in [-0.15, -0.1) is 10.2 Å². The normalized spacial score (nSPS) is 16.0. The van der Waals surface area contributed by atoms with Crippen molar-refractivity contribution in [3.63, 3.8) is 0 Å². The molecule has 0 unspecified atom stereocenters. The minimum absolute atomic E-state index is 0.0561. The van der Waals surface area contributed by atoms with E-state index in [1.807, 2.05) is 18.2 Å². The molecule has 1 aromatic heterocycles. The highest BCUT2D eigenvalue weighted by molar-refractivity contribution is 8.00. The summed E-state index contributed by atoms with van der Waals surface area (Å²) >= 11 is 2.45. The van der Waals surface area contributed by atoms with Gasteiger partial charge in [0, 0.05) is 11.3 Å². The summed E-state index contributed by atoms with van der Waals surface area (Å²) in [5.41, 5.74) is 1.53. The maximum Gasteiger partial charge on any atom is 0.301 e. The Hall–Kier alpha value is -4.87. The average molecular weight is 628 g/mol. The molecule has 1 fully saturated rings. The van der Waals surface area contributed by atoms with Gasteiger partial charge in [-0.05, 0) is 66.1 Å². The molecule has 1 aliphatic heterocycles. The summed E-state index contributed by atoms with van der Waals surface area (Å²) in [4.78, 5) is 28.3. The Morgan fingerprint density at radius 2 is 1.68 bits per heavy atom. The number of anilines is 1. The number of carbonyl (C=O) groups is 2. The number of nitrogens with zero attached hydrogens (tertiary/aromatic N) is 3. The topological polar surface area (TPSA) is 92.6 Å². The number of para-hydroxylation sites is 1. The van der Waals surface area contributed by atoms with E-state index >= 15 is 0 Å². The van der Waals surface area contributed by atoms with Crippen LogP contribution in [0.5, 0.6) is 11.5 Å². The number of Topliss-reactive ketones (excluding diaryl/α,β-unsaturated/α-hetero) is 1. The molecule has 5 aromatic rings. The number of aliphatic hydroxyl groups is 1. The predicted molar refractivity (Wildman–Crippen MR) is 165 cm³/mol. The van der Waals surface area contributed by atoms with Crippen LogP contribution in [-0.2, 0) is 15.3 Å². The summed E-state index contributed by atoms with van der Waals surface area (Å²) in [5, 5.41) is 19.9. The van der Waals surface area contributed by atoms with Gasteiger partial charge in [0.05, 0.1) is 11.6 Å². The Morgan fingerprint density at radius 3 is 2.43 bits per heavy atom. The number of aryl methyl sites for hydroxylation is 1. The first kappa shape index (κ1) is 29.2. The third-order valence-corrected chi connectivity index (χ3v) is 9.05. The fourth-order valence-electron chi connectivity index (χ4n) is 4.70. The molecule has 1 N–H and O–H groups in total. The van der Waals surface area contributed by atoms with Crippen molar-refractivity contribution in [3.05, 3.63) is 137 Å². The molecule has 6 rings (SSSR count). The van der Waals surface area contributed by atoms with Gasteiger partial charge in [0.2, 0.25) is 5.13 Å². The van der Waals surface area contributed by atoms with Gasteiger partial charge in [0.1, 0.15) is 28.9 Å². The molecule has 0 spiro atoms. The van der Waals surface area contributed by atoms with Gasteiger partial charge in [-0.25, -0.2) is 8.78 Å². The molecule has 1 atom stereocenters. The van der Waals surface area contributed by atoms with Crippen molar-refractivity contribution in [2.75, 3.05) is 4.90 Å². The number of hydrogen-bond donors (Lipinski definition) is 1. The molecule has 11 heteroatoms. The predicted octanol–water partition coefficient (Wildman–Crippen LogP) is 7.84. The lowest BCUT2D eigenvalue weighted by Crippen LogP contribution is -2.29. The van der Waals surface area contributed by atoms with Crippen LogP contribution in [0.15, 0.2) is 107 Å². The van der Waals surface area contributed by atoms with Crippen LogP contribution in [0.25, 0.3) is 5.76 Å². The van der Waals surface area contributed by atoms with Crippen molar-refractivity contribution in [2.24, 2.45) is 0 Å². The number of ketones is 1. The van der Waals surface area contributed by atoms with Gasteiger partial charge in [-0.3, -0.25) is 14.5 Å². The summed E-state index contributed by atoms with van der Waals surface area (Å²) in [7, 11) is 0. The molecule has 7 nitrogen and oxygen atoms in total. The molecule has 220 valence electrons. The Morgan fingerprint density at radius 1 is 0.932 bits per heavy atom. The Labute approximate surface area is 259 Å². The quantitative estimate of drug-likeness (QED) is 0.0616. The number of aromatic nitrogens is 2. The van der Waals surface area contributed by atoms with Gasteiger partial charge in [-0.1, -0.05) is 77.7 Å². The van der Waals surface area contributed by atoms with Crippen LogP contribution >= 0.6 is 23.1 Å². The summed E-state index contributed by atoms with van der Waals surface area (Å²) < 4.78 is 34.3. The smallest absolute Gasteiger partial charge is 0.301 e. The summed E-state index contributed by atoms with van der Waals surface area (Å²) in [6, 6.07) is 25.0. The highest BCUT2D eigenvalue weighted by Gasteiger charge is 2.48. The van der Waals surface area contributed by atoms with Crippen molar-refractivity contribution in [2.45, 2.75) is 23.1 Å². The number of hydrogen-bond acceptors (Lipinski definition) is 8. The Kier molecular flexibility index (Phi) is 8.23. The number of amides is 1. The monoisotopic (exact) mass is 627 g/mol. The zero-order chi connectivity index (χ0) is 30.8. The highest BCUT2D eigenvalue weighted by Crippen LogP contribution is 2.45. The van der Waals surface area contributed by atoms with Crippen LogP contribution in [0.2, 0.25) is 0 Å². The average Bonchev–Trinajstić information content (AvgIpc) is 3.60. The minimum Gasteiger partial charge on any atom is -0.507 e. The molecular formula is C33H23F2N3O4S2. The number of ether oxygens (including phenoxy) is 1. The van der Waals surface area contributed by atoms with Crippen LogP contribution in [0, 0.1) is 18.6 Å². The van der Waals surface area contributed by atoms with Crippen molar-refractivity contribution >= 4 is 45.7 Å². The maximum absolute atomic E-state index is 14.5. The SMILES string of the molecule is Cc1ccc(C(O)=C2C(=O)C(=O)N(c3nnc(SCc4ccc(F)cc4)s3)[C@@H]2c2cccc(Oc3ccccc3)c2)cc1F. The zero-order valence-corrected chi connectivity index (χ0v) is 24.7. The van der Waals surface area contributed by atoms with Crippen molar-refractivity contribution in [1.29, 1.82) is 0 Å². The van der Waals surface area contributed by atoms with Gasteiger partial charge in [0.25, 0.3) is 5.78 Å². The van der Waals surface area contributed by atoms with Crippen LogP contribution in [0.3, 0.4) is 0 Å². The second-order valence-electron chi connectivity index (χ2n) is 9.89. The number of halogens is 2. The van der Waals surface area contributed by atoms with E-state index in [0.717, 1.165) is 23.0 Å². The van der Waals surface area contributed by atoms with Gasteiger partial charge in [0.15, 0.2) is 4.34 Å². The van der Waals surface area contributed by atoms with Crippen LogP contribution in [0.1, 0.15) is 28.3 Å². The summed E-state index contributed by atoms with van der Waals surface area (Å²) in [6.45, 7) is 1.58. The number of aliphatic hydroxyl groups excluding tert-OH is 1. The molecular weight excluding hydrogens is 605 g/mol. The first-order valence-electron chi connectivity index (χ1n) is 13.4. The molecule has 0 radical (unpaired) electrons. The number of carbonyl (C=O) groups excluding carboxylic acids is 2. The second kappa shape index (κ2) is 12.4. The highest BCUT2D eigenvalue weighted by atomic mass is 32.2. The fraction of sp³-hybridized carbons (Fsp3) is 0.0909. The van der Waals surface area contributed by atoms with E-state index in [-0.39, 0.29) is 22.1 Å². The number of thioether (sulfide) groups is 1. The van der Waals surface area contributed by atoms with Crippen LogP contribution in [0.4, 0.5) is 13.9 Å². The summed E-state index contributed by atoms with van der Waals surface area (Å²) in [6.07, 6.45) is 0. The lowest BCUT2D eigenvalue weighted by molar-refractivity contribution is -0.132. The zero-order valence-electron chi connectivity index (χ0n) is 23.1. The number of rotatable bonds is 8. The van der Waals surface area contributed by atoms with Crippen molar-refractivity contribution in [3.8, 4) is 11.5 Å². The third-order valence-electron chi connectivity index (χ3n) is 6.92. The first-order chi connectivity index (χ1) is 21.3. The summed E-state index contributed by atoms with van der Waals surface area (Å²) in [5.74, 6) is -1.77. The molecule has 2 heterocycles. The first-order valence-corrected chi connectivity index (χ1v) is 15.2. The van der Waals surface area contributed by atoms with E-state index in [4.69, 9.17) is 4.74 Å². The van der Waals surface area contributed by atoms with E-state index < -0.39 is 29.3 Å². The molecule has 1 amide bonds. The molecule has 0 saturated carbocycles. The minimum atomic E-state index is -1.11. The van der Waals surface area contributed by atoms with E-state index in [1.54, 1.807) is 55.5 Å². The van der Waals surface area contributed by atoms with Crippen molar-refractivity contribution in [1.82, 2.24) is 10.2 Å². The standard InChI is InChI=1S/C33H23F2N3O4S2/c1-19-10-13-22(17-26(19)35)29(39)27-28(21-6-5-9-25(16-21)42-24-7-3-2-4-8-24)38(31(41)30(27)40)32-36-37-33(44-32)43-18-20-11-14-23(34)15-12-20/h2-17,28,39H,18H2,1H3/t28-/m1/s1. The van der Waals surface area contributed by atoms with Crippen LogP contribution < -0.4 is 9.64 Å². The lowest BCUT2D eigenvalue weighted by atomic mass is 9.95. The Balaban J connectivity index is 1.40. The fourth-order valence-corrected chi connectivity index (χ4v) is 6.52. The van der Waals surface area contributed by atoms with Gasteiger partial charge in [-0.2, -0.15) is 0 Å². The van der Waals surface area contributed by atoms with E-state index in [2.05, 4.69) is 10.2 Å². The largest absolute Gasteiger partial charge is 0.507 e. The molecule has 1 aliphatic rings. The van der Waals surface area contributed by atoms with Gasteiger partial charge >= 0.3 is 5.91 Å². The molecule has 4 aromatic carbocycles. The number of benzene rings is 4. The second-order valence-corrected chi connectivity index (χ2v) is 12.1. The van der Waals surface area contributed by atoms with Crippen molar-refractivity contribution < 1.29 is 28.2 Å². The third kappa shape index (κ3) is 5.97. The van der Waals surface area contributed by atoms with Gasteiger partial charge < -0.3 is 9.84 Å². The molecule has 44 heavy (non-hydrogen) atoms. The van der Waals surface area contributed by atoms with Crippen LogP contribution in [-0.4, -0.2) is 27.0 Å². The molecule has 0 bridgehead atoms.